The number of fused-ring (bicyclic) bond motifs is 1. The van der Waals surface area contributed by atoms with E-state index in [4.69, 9.17) is 0 Å². The van der Waals surface area contributed by atoms with Crippen molar-refractivity contribution >= 4 is 40.7 Å². The predicted molar refractivity (Wildman–Crippen MR) is 77.3 cm³/mol. The van der Waals surface area contributed by atoms with Gasteiger partial charge in [0.1, 0.15) is 5.54 Å². The van der Waals surface area contributed by atoms with Gasteiger partial charge in [-0.2, -0.15) is 0 Å². The van der Waals surface area contributed by atoms with Gasteiger partial charge < -0.3 is 10.6 Å². The molecular weight excluding hydrogens is 361 g/mol. The molecule has 0 spiro atoms. The molecule has 0 aromatic rings. The Bertz CT molecular complexity index is 454. The monoisotopic (exact) mass is 377 g/mol. The lowest BCUT2D eigenvalue weighted by atomic mass is 9.70. The Kier molecular flexibility index (Phi) is 3.84. The first-order chi connectivity index (χ1) is 8.90. The maximum Gasteiger partial charge on any atom is 0.333 e. The first-order valence-electron chi connectivity index (χ1n) is 6.13. The summed E-state index contributed by atoms with van der Waals surface area (Å²) >= 11 is 1.67. The third-order valence-electron chi connectivity index (χ3n) is 3.77. The van der Waals surface area contributed by atoms with Crippen molar-refractivity contribution in [2.45, 2.75) is 37.8 Å². The van der Waals surface area contributed by atoms with E-state index in [0.717, 1.165) is 9.53 Å². The molecule has 1 saturated carbocycles. The predicted octanol–water partition coefficient (Wildman–Crippen LogP) is 1.12. The van der Waals surface area contributed by atoms with Gasteiger partial charge in [-0.15, -0.1) is 6.58 Å². The van der Waals surface area contributed by atoms with Gasteiger partial charge in [0, 0.05) is 6.92 Å². The lowest BCUT2D eigenvalue weighted by Gasteiger charge is -2.49. The lowest BCUT2D eigenvalue weighted by Crippen LogP contribution is -2.75. The van der Waals surface area contributed by atoms with Crippen LogP contribution in [0.25, 0.3) is 0 Å². The molecule has 19 heavy (non-hydrogen) atoms. The van der Waals surface area contributed by atoms with Gasteiger partial charge in [0.2, 0.25) is 5.91 Å². The molecule has 104 valence electrons. The Morgan fingerprint density at radius 3 is 2.84 bits per heavy atom. The number of carbonyl (C=O) groups is 3. The Morgan fingerprint density at radius 2 is 2.26 bits per heavy atom. The Labute approximate surface area is 125 Å². The first-order valence-corrected chi connectivity index (χ1v) is 7.09. The molecule has 1 aliphatic heterocycles. The van der Waals surface area contributed by atoms with Crippen molar-refractivity contribution in [3.05, 3.63) is 12.7 Å². The van der Waals surface area contributed by atoms with Crippen LogP contribution in [0.1, 0.15) is 26.2 Å². The van der Waals surface area contributed by atoms with Crippen LogP contribution in [-0.4, -0.2) is 32.5 Å². The van der Waals surface area contributed by atoms with E-state index in [2.05, 4.69) is 17.2 Å². The minimum Gasteiger partial charge on any atom is -0.340 e. The SMILES string of the molecule is C=CC1CCC2NC(=O)N(I)C(=O)[C@@]2(NC(C)=O)C1. The Balaban J connectivity index is 2.39. The van der Waals surface area contributed by atoms with Crippen molar-refractivity contribution in [2.24, 2.45) is 5.92 Å². The number of nitrogens with one attached hydrogen (secondary N) is 2. The van der Waals surface area contributed by atoms with Gasteiger partial charge in [-0.25, -0.2) is 7.91 Å². The lowest BCUT2D eigenvalue weighted by molar-refractivity contribution is -0.139. The highest BCUT2D eigenvalue weighted by atomic mass is 127. The van der Waals surface area contributed by atoms with Crippen molar-refractivity contribution in [3.8, 4) is 0 Å². The smallest absolute Gasteiger partial charge is 0.333 e. The molecular formula is C12H16IN3O3. The summed E-state index contributed by atoms with van der Waals surface area (Å²) in [5, 5.41) is 5.56. The molecule has 4 amide bonds. The van der Waals surface area contributed by atoms with E-state index in [-0.39, 0.29) is 23.8 Å². The number of hydrogen-bond donors (Lipinski definition) is 2. The van der Waals surface area contributed by atoms with Crippen LogP contribution in [0, 0.1) is 5.92 Å². The fourth-order valence-electron chi connectivity index (χ4n) is 2.90. The minimum atomic E-state index is -1.04. The summed E-state index contributed by atoms with van der Waals surface area (Å²) in [7, 11) is 0. The summed E-state index contributed by atoms with van der Waals surface area (Å²) in [5.74, 6) is -0.473. The van der Waals surface area contributed by atoms with Crippen LogP contribution in [0.2, 0.25) is 0 Å². The van der Waals surface area contributed by atoms with Crippen LogP contribution >= 0.6 is 22.9 Å². The average Bonchev–Trinajstić information content (AvgIpc) is 2.36. The fourth-order valence-corrected chi connectivity index (χ4v) is 3.47. The normalized spacial score (nSPS) is 34.3. The number of carbonyl (C=O) groups excluding carboxylic acids is 3. The molecule has 2 N–H and O–H groups in total. The summed E-state index contributed by atoms with van der Waals surface area (Å²) in [4.78, 5) is 35.7. The van der Waals surface area contributed by atoms with Crippen molar-refractivity contribution in [1.29, 1.82) is 0 Å². The summed E-state index contributed by atoms with van der Waals surface area (Å²) in [6, 6.07) is -0.771. The van der Waals surface area contributed by atoms with Gasteiger partial charge in [0.05, 0.1) is 28.9 Å². The topological polar surface area (TPSA) is 78.5 Å². The van der Waals surface area contributed by atoms with Crippen LogP contribution in [0.15, 0.2) is 12.7 Å². The number of halogens is 1. The molecule has 2 fully saturated rings. The second-order valence-corrected chi connectivity index (χ2v) is 5.98. The van der Waals surface area contributed by atoms with E-state index < -0.39 is 11.6 Å². The number of urea groups is 1. The largest absolute Gasteiger partial charge is 0.340 e. The molecule has 1 aliphatic carbocycles. The van der Waals surface area contributed by atoms with Gasteiger partial charge in [-0.3, -0.25) is 9.59 Å². The molecule has 1 saturated heterocycles. The molecule has 0 aromatic heterocycles. The first kappa shape index (κ1) is 14.3. The highest BCUT2D eigenvalue weighted by Gasteiger charge is 2.56. The maximum atomic E-state index is 12.5. The molecule has 2 aliphatic rings. The third kappa shape index (κ3) is 2.35. The number of hydrogen-bond acceptors (Lipinski definition) is 3. The van der Waals surface area contributed by atoms with Crippen molar-refractivity contribution in [1.82, 2.24) is 13.7 Å². The number of rotatable bonds is 2. The fraction of sp³-hybridized carbons (Fsp3) is 0.583. The van der Waals surface area contributed by atoms with Crippen molar-refractivity contribution < 1.29 is 14.4 Å². The van der Waals surface area contributed by atoms with Gasteiger partial charge in [-0.05, 0) is 25.2 Å². The third-order valence-corrected chi connectivity index (χ3v) is 4.65. The molecule has 1 heterocycles. The minimum absolute atomic E-state index is 0.159. The molecule has 0 bridgehead atoms. The van der Waals surface area contributed by atoms with Crippen molar-refractivity contribution in [3.63, 3.8) is 0 Å². The highest BCUT2D eigenvalue weighted by Crippen LogP contribution is 2.38. The second-order valence-electron chi connectivity index (χ2n) is 5.02. The zero-order chi connectivity index (χ0) is 14.2. The molecule has 2 rings (SSSR count). The van der Waals surface area contributed by atoms with Crippen LogP contribution in [-0.2, 0) is 9.59 Å². The van der Waals surface area contributed by atoms with Crippen LogP contribution in [0.5, 0.6) is 0 Å². The van der Waals surface area contributed by atoms with Gasteiger partial charge in [-0.1, -0.05) is 6.08 Å². The number of amides is 4. The second kappa shape index (κ2) is 5.10. The average molecular weight is 377 g/mol. The van der Waals surface area contributed by atoms with E-state index in [9.17, 15) is 14.4 Å². The van der Waals surface area contributed by atoms with Gasteiger partial charge in [0.25, 0.3) is 5.91 Å². The molecule has 2 unspecified atom stereocenters. The quantitative estimate of drug-likeness (QED) is 0.430. The molecule has 0 aromatic carbocycles. The van der Waals surface area contributed by atoms with Gasteiger partial charge in [0.15, 0.2) is 0 Å². The number of nitrogens with zero attached hydrogens (tertiary/aromatic N) is 1. The Morgan fingerprint density at radius 1 is 1.58 bits per heavy atom. The highest BCUT2D eigenvalue weighted by molar-refractivity contribution is 14.1. The summed E-state index contributed by atoms with van der Waals surface area (Å²) in [6.45, 7) is 5.14. The number of imide groups is 1. The van der Waals surface area contributed by atoms with E-state index in [1.54, 1.807) is 28.9 Å². The zero-order valence-corrected chi connectivity index (χ0v) is 12.8. The van der Waals surface area contributed by atoms with E-state index in [1.807, 2.05) is 0 Å². The molecule has 3 atom stereocenters. The summed E-state index contributed by atoms with van der Waals surface area (Å²) in [5.41, 5.74) is -1.04. The standard InChI is InChI=1S/C12H16IN3O3/c1-3-8-4-5-9-12(6-8,15-7(2)17)10(18)16(13)11(19)14-9/h3,8-9H,1,4-6H2,2H3,(H,14,19)(H,15,17)/t8?,9?,12-/m1/s1. The molecule has 0 radical (unpaired) electrons. The van der Waals surface area contributed by atoms with Crippen LogP contribution in [0.4, 0.5) is 4.79 Å². The van der Waals surface area contributed by atoms with E-state index >= 15 is 0 Å². The number of allylic oxidation sites excluding steroid dienone is 1. The van der Waals surface area contributed by atoms with E-state index in [0.29, 0.717) is 12.8 Å². The maximum absolute atomic E-state index is 12.5. The summed E-state index contributed by atoms with van der Waals surface area (Å²) in [6.07, 6.45) is 3.78. The van der Waals surface area contributed by atoms with E-state index in [1.165, 1.54) is 6.92 Å². The van der Waals surface area contributed by atoms with Gasteiger partial charge >= 0.3 is 6.03 Å². The zero-order valence-electron chi connectivity index (χ0n) is 10.6. The molecule has 6 nitrogen and oxygen atoms in total. The van der Waals surface area contributed by atoms with Crippen molar-refractivity contribution in [2.75, 3.05) is 0 Å². The Hall–Kier alpha value is -1.12. The molecule has 7 heteroatoms. The van der Waals surface area contributed by atoms with Crippen LogP contribution < -0.4 is 10.6 Å². The summed E-state index contributed by atoms with van der Waals surface area (Å²) < 4.78 is 1.01. The van der Waals surface area contributed by atoms with Crippen LogP contribution in [0.3, 0.4) is 0 Å².